The van der Waals surface area contributed by atoms with Crippen LogP contribution in [0.1, 0.15) is 36.1 Å². The molecule has 2 aliphatic heterocycles. The van der Waals surface area contributed by atoms with Gasteiger partial charge in [-0.25, -0.2) is 0 Å². The van der Waals surface area contributed by atoms with E-state index in [1.54, 1.807) is 19.4 Å². The van der Waals surface area contributed by atoms with E-state index in [0.29, 0.717) is 16.3 Å². The van der Waals surface area contributed by atoms with Crippen LogP contribution in [0.3, 0.4) is 0 Å². The number of nitrogens with zero attached hydrogens (tertiary/aromatic N) is 4. The van der Waals surface area contributed by atoms with E-state index in [0.717, 1.165) is 40.4 Å². The van der Waals surface area contributed by atoms with Gasteiger partial charge < -0.3 is 15.0 Å². The lowest BCUT2D eigenvalue weighted by atomic mass is 10.0. The number of thiophene rings is 1. The Bertz CT molecular complexity index is 1520. The molecule has 6 rings (SSSR count). The molecule has 1 N–H and O–H groups in total. The molecule has 2 aromatic carbocycles. The lowest BCUT2D eigenvalue weighted by Crippen LogP contribution is -2.43. The minimum Gasteiger partial charge on any atom is -0.495 e. The number of likely N-dealkylation sites (tertiary alicyclic amines) is 2. The highest BCUT2D eigenvalue weighted by atomic mass is 35.5. The first-order chi connectivity index (χ1) is 19.1. The molecule has 0 amide bonds. The monoisotopic (exact) mass is 557 g/mol. The lowest BCUT2D eigenvalue weighted by molar-refractivity contribution is 0.123. The minimum atomic E-state index is 0.482. The highest BCUT2D eigenvalue weighted by Crippen LogP contribution is 2.36. The Morgan fingerprint density at radius 1 is 1.08 bits per heavy atom. The summed E-state index contributed by atoms with van der Waals surface area (Å²) in [6.07, 6.45) is 6.96. The molecule has 4 aromatic rings. The first-order valence-electron chi connectivity index (χ1n) is 13.6. The average molecular weight is 558 g/mol. The molecular formula is C31H32ClN5OS. The van der Waals surface area contributed by atoms with Crippen molar-refractivity contribution in [1.29, 1.82) is 5.26 Å². The molecule has 0 saturated carbocycles. The third-order valence-electron chi connectivity index (χ3n) is 7.95. The van der Waals surface area contributed by atoms with Gasteiger partial charge in [0.15, 0.2) is 0 Å². The zero-order valence-electron chi connectivity index (χ0n) is 22.1. The molecule has 0 radical (unpaired) electrons. The number of halogens is 1. The van der Waals surface area contributed by atoms with Gasteiger partial charge in [0, 0.05) is 58.8 Å². The topological polar surface area (TPSA) is 64.4 Å². The maximum absolute atomic E-state index is 9.76. The average Bonchev–Trinajstić information content (AvgIpc) is 3.67. The first-order valence-corrected chi connectivity index (χ1v) is 14.8. The van der Waals surface area contributed by atoms with Gasteiger partial charge in [-0.3, -0.25) is 9.88 Å². The summed E-state index contributed by atoms with van der Waals surface area (Å²) in [5.41, 5.74) is 3.98. The molecule has 2 fully saturated rings. The van der Waals surface area contributed by atoms with Crippen molar-refractivity contribution in [3.05, 3.63) is 70.2 Å². The van der Waals surface area contributed by atoms with E-state index in [1.807, 2.05) is 23.5 Å². The SMILES string of the molecule is COc1cc(Nc2c(C#N)cnc3cc(-c4ccc(CN5CCC(N6CCCC6)CC5)s4)ccc23)ccc1Cl. The van der Waals surface area contributed by atoms with Crippen LogP contribution in [-0.4, -0.2) is 54.1 Å². The molecule has 6 nitrogen and oxygen atoms in total. The van der Waals surface area contributed by atoms with Gasteiger partial charge in [-0.05, 0) is 74.7 Å². The minimum absolute atomic E-state index is 0.482. The summed E-state index contributed by atoms with van der Waals surface area (Å²) in [6, 6.07) is 19.3. The van der Waals surface area contributed by atoms with Crippen LogP contribution in [0.5, 0.6) is 5.75 Å². The van der Waals surface area contributed by atoms with Gasteiger partial charge in [0.2, 0.25) is 0 Å². The summed E-state index contributed by atoms with van der Waals surface area (Å²) in [5, 5.41) is 14.6. The molecule has 0 bridgehead atoms. The quantitative estimate of drug-likeness (QED) is 0.257. The van der Waals surface area contributed by atoms with E-state index in [4.69, 9.17) is 16.3 Å². The van der Waals surface area contributed by atoms with Gasteiger partial charge >= 0.3 is 0 Å². The van der Waals surface area contributed by atoms with E-state index in [2.05, 4.69) is 56.5 Å². The molecule has 0 unspecified atom stereocenters. The summed E-state index contributed by atoms with van der Waals surface area (Å²) in [7, 11) is 1.59. The van der Waals surface area contributed by atoms with Crippen molar-refractivity contribution in [1.82, 2.24) is 14.8 Å². The number of rotatable bonds is 7. The third kappa shape index (κ3) is 5.61. The van der Waals surface area contributed by atoms with Crippen LogP contribution in [-0.2, 0) is 6.54 Å². The van der Waals surface area contributed by atoms with Crippen molar-refractivity contribution in [3.8, 4) is 22.3 Å². The number of nitrogens with one attached hydrogen (secondary N) is 1. The number of benzene rings is 2. The van der Waals surface area contributed by atoms with Crippen molar-refractivity contribution in [3.63, 3.8) is 0 Å². The van der Waals surface area contributed by atoms with Gasteiger partial charge in [-0.1, -0.05) is 23.7 Å². The molecule has 0 atom stereocenters. The number of aromatic nitrogens is 1. The zero-order valence-corrected chi connectivity index (χ0v) is 23.7. The molecule has 8 heteroatoms. The highest BCUT2D eigenvalue weighted by molar-refractivity contribution is 7.15. The number of hydrogen-bond acceptors (Lipinski definition) is 7. The number of piperidine rings is 1. The predicted octanol–water partition coefficient (Wildman–Crippen LogP) is 7.30. The van der Waals surface area contributed by atoms with Crippen molar-refractivity contribution >= 4 is 45.2 Å². The van der Waals surface area contributed by atoms with Crippen molar-refractivity contribution in [2.45, 2.75) is 38.3 Å². The standard InChI is InChI=1S/C31H32ClN5OS/c1-38-29-17-23(5-8-27(29)32)35-31-22(18-33)19-34-28-16-21(4-7-26(28)31)30-9-6-25(39-30)20-36-14-10-24(11-15-36)37-12-2-3-13-37/h4-9,16-17,19,24H,2-3,10-15,20H2,1H3,(H,34,35). The largest absolute Gasteiger partial charge is 0.495 e. The van der Waals surface area contributed by atoms with E-state index >= 15 is 0 Å². The van der Waals surface area contributed by atoms with Crippen LogP contribution in [0.2, 0.25) is 5.02 Å². The molecule has 2 aromatic heterocycles. The molecule has 4 heterocycles. The van der Waals surface area contributed by atoms with Crippen LogP contribution in [0.15, 0.2) is 54.7 Å². The number of anilines is 2. The Hall–Kier alpha value is -3.15. The number of methoxy groups -OCH3 is 1. The Morgan fingerprint density at radius 2 is 1.90 bits per heavy atom. The Balaban J connectivity index is 1.18. The molecule has 200 valence electrons. The predicted molar refractivity (Wildman–Crippen MR) is 160 cm³/mol. The molecule has 2 aliphatic rings. The zero-order chi connectivity index (χ0) is 26.8. The highest BCUT2D eigenvalue weighted by Gasteiger charge is 2.26. The molecule has 0 aliphatic carbocycles. The summed E-state index contributed by atoms with van der Waals surface area (Å²) in [6.45, 7) is 5.98. The van der Waals surface area contributed by atoms with Gasteiger partial charge in [-0.2, -0.15) is 5.26 Å². The number of hydrogen-bond donors (Lipinski definition) is 1. The Kier molecular flexibility index (Phi) is 7.71. The fourth-order valence-electron chi connectivity index (χ4n) is 5.84. The number of pyridine rings is 1. The summed E-state index contributed by atoms with van der Waals surface area (Å²) < 4.78 is 5.35. The van der Waals surface area contributed by atoms with Crippen LogP contribution in [0.4, 0.5) is 11.4 Å². The lowest BCUT2D eigenvalue weighted by Gasteiger charge is -2.36. The third-order valence-corrected chi connectivity index (χ3v) is 9.38. The summed E-state index contributed by atoms with van der Waals surface area (Å²) >= 11 is 8.06. The second-order valence-corrected chi connectivity index (χ2v) is 12.0. The molecule has 39 heavy (non-hydrogen) atoms. The van der Waals surface area contributed by atoms with Crippen LogP contribution >= 0.6 is 22.9 Å². The maximum atomic E-state index is 9.76. The van der Waals surface area contributed by atoms with Crippen molar-refractivity contribution < 1.29 is 4.74 Å². The number of ether oxygens (including phenoxy) is 1. The Labute approximate surface area is 238 Å². The van der Waals surface area contributed by atoms with E-state index in [1.165, 1.54) is 61.6 Å². The summed E-state index contributed by atoms with van der Waals surface area (Å²) in [4.78, 5) is 12.6. The fourth-order valence-corrected chi connectivity index (χ4v) is 7.08. The van der Waals surface area contributed by atoms with Gasteiger partial charge in [0.25, 0.3) is 0 Å². The number of nitriles is 1. The van der Waals surface area contributed by atoms with E-state index in [9.17, 15) is 5.26 Å². The molecule has 2 saturated heterocycles. The molecule has 0 spiro atoms. The smallest absolute Gasteiger partial charge is 0.139 e. The van der Waals surface area contributed by atoms with E-state index < -0.39 is 0 Å². The molecular weight excluding hydrogens is 526 g/mol. The van der Waals surface area contributed by atoms with Crippen molar-refractivity contribution in [2.24, 2.45) is 0 Å². The normalized spacial score (nSPS) is 16.9. The number of fused-ring (bicyclic) bond motifs is 1. The van der Waals surface area contributed by atoms with Crippen LogP contribution < -0.4 is 10.1 Å². The van der Waals surface area contributed by atoms with E-state index in [-0.39, 0.29) is 0 Å². The van der Waals surface area contributed by atoms with Crippen LogP contribution in [0.25, 0.3) is 21.3 Å². The van der Waals surface area contributed by atoms with Gasteiger partial charge in [-0.15, -0.1) is 11.3 Å². The van der Waals surface area contributed by atoms with Gasteiger partial charge in [0.1, 0.15) is 11.8 Å². The van der Waals surface area contributed by atoms with Crippen LogP contribution in [0, 0.1) is 11.3 Å². The Morgan fingerprint density at radius 3 is 2.67 bits per heavy atom. The maximum Gasteiger partial charge on any atom is 0.139 e. The van der Waals surface area contributed by atoms with Crippen molar-refractivity contribution in [2.75, 3.05) is 38.6 Å². The first kappa shape index (κ1) is 26.1. The van der Waals surface area contributed by atoms with Gasteiger partial charge in [0.05, 0.1) is 28.9 Å². The second-order valence-electron chi connectivity index (χ2n) is 10.4. The fraction of sp³-hybridized carbons (Fsp3) is 0.355. The summed E-state index contributed by atoms with van der Waals surface area (Å²) in [5.74, 6) is 0.574. The second kappa shape index (κ2) is 11.5.